The fourth-order valence-corrected chi connectivity index (χ4v) is 5.07. The zero-order chi connectivity index (χ0) is 25.2. The van der Waals surface area contributed by atoms with Crippen LogP contribution in [0.1, 0.15) is 11.1 Å². The molecule has 0 saturated carbocycles. The van der Waals surface area contributed by atoms with Crippen LogP contribution in [0.3, 0.4) is 0 Å². The van der Waals surface area contributed by atoms with Gasteiger partial charge >= 0.3 is 10.1 Å². The molecule has 1 heterocycles. The normalized spacial score (nSPS) is 15.1. The number of halogens is 2. The van der Waals surface area contributed by atoms with Gasteiger partial charge in [0.25, 0.3) is 11.1 Å². The number of carbonyl (C=O) groups is 2. The fraction of sp³-hybridized carbons (Fsp3) is 0.0833. The average molecular weight is 534 g/mol. The first kappa shape index (κ1) is 24.8. The Kier molecular flexibility index (Phi) is 7.15. The summed E-state index contributed by atoms with van der Waals surface area (Å²) in [6.45, 7) is 0.108. The van der Waals surface area contributed by atoms with E-state index in [-0.39, 0.29) is 27.8 Å². The Labute approximate surface area is 210 Å². The van der Waals surface area contributed by atoms with Gasteiger partial charge < -0.3 is 8.92 Å². The van der Waals surface area contributed by atoms with E-state index in [9.17, 15) is 22.4 Å². The number of thioether (sulfide) groups is 1. The summed E-state index contributed by atoms with van der Waals surface area (Å²) >= 11 is 6.68. The first-order valence-electron chi connectivity index (χ1n) is 10.0. The van der Waals surface area contributed by atoms with Crippen molar-refractivity contribution >= 4 is 50.7 Å². The third-order valence-corrected chi connectivity index (χ3v) is 7.32. The van der Waals surface area contributed by atoms with Gasteiger partial charge in [0.2, 0.25) is 0 Å². The maximum atomic E-state index is 13.1. The van der Waals surface area contributed by atoms with Crippen LogP contribution < -0.4 is 8.92 Å². The Bertz CT molecular complexity index is 1420. The Balaban J connectivity index is 1.54. The van der Waals surface area contributed by atoms with Gasteiger partial charge in [-0.25, -0.2) is 4.39 Å². The minimum Gasteiger partial charge on any atom is -0.493 e. The fourth-order valence-electron chi connectivity index (χ4n) is 3.17. The van der Waals surface area contributed by atoms with Crippen molar-refractivity contribution in [1.29, 1.82) is 0 Å². The Morgan fingerprint density at radius 3 is 2.34 bits per heavy atom. The summed E-state index contributed by atoms with van der Waals surface area (Å²) in [4.78, 5) is 26.3. The number of nitrogens with zero attached hydrogens (tertiary/aromatic N) is 1. The molecule has 35 heavy (non-hydrogen) atoms. The van der Waals surface area contributed by atoms with Crippen LogP contribution in [-0.2, 0) is 21.5 Å². The number of methoxy groups -OCH3 is 1. The molecule has 0 aromatic heterocycles. The van der Waals surface area contributed by atoms with Crippen LogP contribution in [0.5, 0.6) is 11.5 Å². The van der Waals surface area contributed by atoms with Crippen molar-refractivity contribution in [3.05, 3.63) is 93.6 Å². The molecule has 180 valence electrons. The number of hydrogen-bond donors (Lipinski definition) is 0. The van der Waals surface area contributed by atoms with E-state index < -0.39 is 27.1 Å². The largest absolute Gasteiger partial charge is 0.493 e. The van der Waals surface area contributed by atoms with E-state index in [0.717, 1.165) is 46.5 Å². The molecule has 3 aromatic carbocycles. The molecule has 3 aromatic rings. The van der Waals surface area contributed by atoms with E-state index in [4.69, 9.17) is 20.5 Å². The average Bonchev–Trinajstić information content (AvgIpc) is 3.08. The van der Waals surface area contributed by atoms with E-state index in [1.165, 1.54) is 31.4 Å². The van der Waals surface area contributed by atoms with Crippen LogP contribution in [-0.4, -0.2) is 31.6 Å². The van der Waals surface area contributed by atoms with E-state index >= 15 is 0 Å². The molecular weight excluding hydrogens is 517 g/mol. The molecule has 2 amide bonds. The van der Waals surface area contributed by atoms with Gasteiger partial charge in [-0.2, -0.15) is 8.42 Å². The maximum Gasteiger partial charge on any atom is 0.339 e. The third-order valence-electron chi connectivity index (χ3n) is 4.91. The van der Waals surface area contributed by atoms with Crippen LogP contribution >= 0.6 is 23.4 Å². The first-order chi connectivity index (χ1) is 16.7. The molecule has 0 unspecified atom stereocenters. The predicted octanol–water partition coefficient (Wildman–Crippen LogP) is 5.49. The van der Waals surface area contributed by atoms with Crippen molar-refractivity contribution < 1.29 is 31.3 Å². The monoisotopic (exact) mass is 533 g/mol. The lowest BCUT2D eigenvalue weighted by atomic mass is 10.1. The van der Waals surface area contributed by atoms with Gasteiger partial charge in [-0.05, 0) is 77.5 Å². The molecule has 1 saturated heterocycles. The standard InChI is InChI=1S/C24H17ClFNO6S2/c1-32-21-12-16(4-11-20(21)33-35(30,31)19-9-7-18(26)8-10-19)13-22-23(28)27(24(29)34-22)14-15-2-5-17(25)6-3-15/h2-13H,14H2,1H3/b22-13-. The van der Waals surface area contributed by atoms with Crippen molar-refractivity contribution in [2.24, 2.45) is 0 Å². The van der Waals surface area contributed by atoms with Gasteiger partial charge in [-0.3, -0.25) is 14.5 Å². The Morgan fingerprint density at radius 1 is 1.00 bits per heavy atom. The van der Waals surface area contributed by atoms with Crippen molar-refractivity contribution in [3.8, 4) is 11.5 Å². The molecule has 1 aliphatic rings. The van der Waals surface area contributed by atoms with Crippen LogP contribution in [0.2, 0.25) is 5.02 Å². The SMILES string of the molecule is COc1cc(/C=C2\SC(=O)N(Cc3ccc(Cl)cc3)C2=O)ccc1OS(=O)(=O)c1ccc(F)cc1. The first-order valence-corrected chi connectivity index (χ1v) is 12.6. The molecule has 7 nitrogen and oxygen atoms in total. The summed E-state index contributed by atoms with van der Waals surface area (Å²) in [7, 11) is -2.90. The zero-order valence-electron chi connectivity index (χ0n) is 18.1. The molecule has 4 rings (SSSR count). The predicted molar refractivity (Wildman–Crippen MR) is 130 cm³/mol. The zero-order valence-corrected chi connectivity index (χ0v) is 20.5. The number of benzene rings is 3. The number of rotatable bonds is 7. The highest BCUT2D eigenvalue weighted by molar-refractivity contribution is 8.18. The second kappa shape index (κ2) is 10.1. The van der Waals surface area contributed by atoms with E-state index in [0.29, 0.717) is 10.6 Å². The summed E-state index contributed by atoms with van der Waals surface area (Å²) < 4.78 is 48.6. The second-order valence-corrected chi connectivity index (χ2v) is 10.3. The van der Waals surface area contributed by atoms with Crippen LogP contribution in [0.4, 0.5) is 9.18 Å². The molecule has 0 aliphatic carbocycles. The highest BCUT2D eigenvalue weighted by Crippen LogP contribution is 2.36. The number of amides is 2. The van der Waals surface area contributed by atoms with Crippen LogP contribution in [0, 0.1) is 5.82 Å². The lowest BCUT2D eigenvalue weighted by molar-refractivity contribution is -0.123. The van der Waals surface area contributed by atoms with Gasteiger partial charge in [0.05, 0.1) is 18.6 Å². The summed E-state index contributed by atoms with van der Waals surface area (Å²) in [6.07, 6.45) is 1.51. The Morgan fingerprint density at radius 2 is 1.69 bits per heavy atom. The quantitative estimate of drug-likeness (QED) is 0.293. The molecule has 0 spiro atoms. The third kappa shape index (κ3) is 5.67. The molecule has 1 fully saturated rings. The van der Waals surface area contributed by atoms with Gasteiger partial charge in [-0.1, -0.05) is 29.8 Å². The van der Waals surface area contributed by atoms with Gasteiger partial charge in [-0.15, -0.1) is 0 Å². The number of carbonyl (C=O) groups excluding carboxylic acids is 2. The van der Waals surface area contributed by atoms with Crippen molar-refractivity contribution in [1.82, 2.24) is 4.90 Å². The summed E-state index contributed by atoms with van der Waals surface area (Å²) in [6, 6.07) is 15.4. The summed E-state index contributed by atoms with van der Waals surface area (Å²) in [5, 5.41) is 0.142. The molecule has 11 heteroatoms. The summed E-state index contributed by atoms with van der Waals surface area (Å²) in [5.74, 6) is -1.04. The van der Waals surface area contributed by atoms with E-state index in [1.54, 1.807) is 24.3 Å². The van der Waals surface area contributed by atoms with Gasteiger partial charge in [0.15, 0.2) is 11.5 Å². The maximum absolute atomic E-state index is 13.1. The Hall–Kier alpha value is -3.34. The molecule has 0 atom stereocenters. The smallest absolute Gasteiger partial charge is 0.339 e. The minimum atomic E-state index is -4.23. The number of imide groups is 1. The highest BCUT2D eigenvalue weighted by atomic mass is 35.5. The molecule has 0 bridgehead atoms. The number of ether oxygens (including phenoxy) is 1. The summed E-state index contributed by atoms with van der Waals surface area (Å²) in [5.41, 5.74) is 1.24. The molecule has 0 N–H and O–H groups in total. The van der Waals surface area contributed by atoms with Crippen molar-refractivity contribution in [2.45, 2.75) is 11.4 Å². The topological polar surface area (TPSA) is 90.0 Å². The van der Waals surface area contributed by atoms with E-state index in [1.807, 2.05) is 0 Å². The lowest BCUT2D eigenvalue weighted by Crippen LogP contribution is -2.27. The van der Waals surface area contributed by atoms with Gasteiger partial charge in [0.1, 0.15) is 10.7 Å². The van der Waals surface area contributed by atoms with E-state index in [2.05, 4.69) is 0 Å². The second-order valence-electron chi connectivity index (χ2n) is 7.30. The van der Waals surface area contributed by atoms with Crippen molar-refractivity contribution in [3.63, 3.8) is 0 Å². The van der Waals surface area contributed by atoms with Crippen LogP contribution in [0.15, 0.2) is 76.5 Å². The minimum absolute atomic E-state index is 0.0878. The molecule has 1 aliphatic heterocycles. The molecular formula is C24H17ClFNO6S2. The van der Waals surface area contributed by atoms with Crippen molar-refractivity contribution in [2.75, 3.05) is 7.11 Å². The van der Waals surface area contributed by atoms with Crippen LogP contribution in [0.25, 0.3) is 6.08 Å². The highest BCUT2D eigenvalue weighted by Gasteiger charge is 2.35. The lowest BCUT2D eigenvalue weighted by Gasteiger charge is -2.12. The number of hydrogen-bond acceptors (Lipinski definition) is 7. The van der Waals surface area contributed by atoms with Gasteiger partial charge in [0, 0.05) is 5.02 Å². The molecule has 0 radical (unpaired) electrons.